The van der Waals surface area contributed by atoms with Crippen molar-refractivity contribution in [1.82, 2.24) is 9.80 Å². The van der Waals surface area contributed by atoms with Crippen molar-refractivity contribution >= 4 is 5.91 Å². The van der Waals surface area contributed by atoms with Crippen LogP contribution >= 0.6 is 0 Å². The van der Waals surface area contributed by atoms with E-state index >= 15 is 0 Å². The number of hydrogen-bond acceptors (Lipinski definition) is 2. The standard InChI is InChI=1S/C18H23F3N2O/c19-18(20,21)15-6-4-5-14(13-15)17(24)23-11-9-22(10-12-23)16-7-2-1-3-8-16/h4-6,13,16H,1-3,7-12H2. The second-order valence-electron chi connectivity index (χ2n) is 6.70. The van der Waals surface area contributed by atoms with Crippen molar-refractivity contribution in [1.29, 1.82) is 0 Å². The van der Waals surface area contributed by atoms with Gasteiger partial charge in [0.1, 0.15) is 0 Å². The molecule has 3 nitrogen and oxygen atoms in total. The highest BCUT2D eigenvalue weighted by molar-refractivity contribution is 5.94. The predicted octanol–water partition coefficient (Wildman–Crippen LogP) is 3.80. The summed E-state index contributed by atoms with van der Waals surface area (Å²) < 4.78 is 38.4. The molecule has 1 aliphatic heterocycles. The maximum absolute atomic E-state index is 12.8. The predicted molar refractivity (Wildman–Crippen MR) is 85.8 cm³/mol. The quantitative estimate of drug-likeness (QED) is 0.818. The first-order valence-corrected chi connectivity index (χ1v) is 8.66. The van der Waals surface area contributed by atoms with Crippen LogP contribution in [0.5, 0.6) is 0 Å². The van der Waals surface area contributed by atoms with Gasteiger partial charge in [-0.3, -0.25) is 9.69 Å². The van der Waals surface area contributed by atoms with Gasteiger partial charge in [0.2, 0.25) is 0 Å². The summed E-state index contributed by atoms with van der Waals surface area (Å²) in [5.41, 5.74) is -0.648. The monoisotopic (exact) mass is 340 g/mol. The summed E-state index contributed by atoms with van der Waals surface area (Å²) in [5.74, 6) is -0.301. The van der Waals surface area contributed by atoms with E-state index in [-0.39, 0.29) is 11.5 Å². The third-order valence-corrected chi connectivity index (χ3v) is 5.13. The minimum Gasteiger partial charge on any atom is -0.336 e. The first-order chi connectivity index (χ1) is 11.4. The van der Waals surface area contributed by atoms with Gasteiger partial charge in [-0.15, -0.1) is 0 Å². The number of halogens is 3. The molecule has 0 unspecified atom stereocenters. The highest BCUT2D eigenvalue weighted by atomic mass is 19.4. The van der Waals surface area contributed by atoms with Crippen LogP contribution in [0.1, 0.15) is 48.0 Å². The molecule has 2 aliphatic rings. The van der Waals surface area contributed by atoms with Gasteiger partial charge in [-0.2, -0.15) is 13.2 Å². The molecule has 0 bridgehead atoms. The van der Waals surface area contributed by atoms with E-state index in [1.165, 1.54) is 44.2 Å². The molecule has 1 aromatic rings. The zero-order chi connectivity index (χ0) is 17.2. The average molecular weight is 340 g/mol. The maximum Gasteiger partial charge on any atom is 0.416 e. The number of carbonyl (C=O) groups is 1. The Kier molecular flexibility index (Phi) is 5.13. The van der Waals surface area contributed by atoms with Crippen LogP contribution < -0.4 is 0 Å². The van der Waals surface area contributed by atoms with Crippen LogP contribution in [0.4, 0.5) is 13.2 Å². The normalized spacial score (nSPS) is 21.0. The lowest BCUT2D eigenvalue weighted by Crippen LogP contribution is -2.52. The molecule has 6 heteroatoms. The van der Waals surface area contributed by atoms with Gasteiger partial charge < -0.3 is 4.90 Å². The lowest BCUT2D eigenvalue weighted by Gasteiger charge is -2.40. The van der Waals surface area contributed by atoms with Crippen molar-refractivity contribution in [3.8, 4) is 0 Å². The first kappa shape index (κ1) is 17.3. The summed E-state index contributed by atoms with van der Waals surface area (Å²) in [4.78, 5) is 16.6. The molecular weight excluding hydrogens is 317 g/mol. The second kappa shape index (κ2) is 7.13. The van der Waals surface area contributed by atoms with Gasteiger partial charge in [-0.25, -0.2) is 0 Å². The van der Waals surface area contributed by atoms with Crippen LogP contribution in [0.2, 0.25) is 0 Å². The van der Waals surface area contributed by atoms with Gasteiger partial charge in [-0.1, -0.05) is 25.3 Å². The van der Waals surface area contributed by atoms with Gasteiger partial charge in [0.25, 0.3) is 5.91 Å². The summed E-state index contributed by atoms with van der Waals surface area (Å²) in [5, 5.41) is 0. The fraction of sp³-hybridized carbons (Fsp3) is 0.611. The van der Waals surface area contributed by atoms with Gasteiger partial charge in [0.15, 0.2) is 0 Å². The van der Waals surface area contributed by atoms with E-state index in [1.807, 2.05) is 0 Å². The molecule has 0 radical (unpaired) electrons. The maximum atomic E-state index is 12.8. The number of carbonyl (C=O) groups excluding carboxylic acids is 1. The van der Waals surface area contributed by atoms with Crippen LogP contribution in [0, 0.1) is 0 Å². The Morgan fingerprint density at radius 2 is 1.67 bits per heavy atom. The van der Waals surface area contributed by atoms with Crippen molar-refractivity contribution < 1.29 is 18.0 Å². The molecule has 1 aliphatic carbocycles. The number of hydrogen-bond donors (Lipinski definition) is 0. The summed E-state index contributed by atoms with van der Waals surface area (Å²) in [6.07, 6.45) is 1.88. The van der Waals surface area contributed by atoms with Crippen LogP contribution in [0.15, 0.2) is 24.3 Å². The zero-order valence-electron chi connectivity index (χ0n) is 13.7. The van der Waals surface area contributed by atoms with Gasteiger partial charge in [0.05, 0.1) is 5.56 Å². The Balaban J connectivity index is 1.61. The van der Waals surface area contributed by atoms with E-state index in [4.69, 9.17) is 0 Å². The SMILES string of the molecule is O=C(c1cccc(C(F)(F)F)c1)N1CCN(C2CCCCC2)CC1. The highest BCUT2D eigenvalue weighted by Gasteiger charge is 2.32. The smallest absolute Gasteiger partial charge is 0.336 e. The molecule has 1 amide bonds. The first-order valence-electron chi connectivity index (χ1n) is 8.66. The second-order valence-corrected chi connectivity index (χ2v) is 6.70. The Labute approximate surface area is 140 Å². The minimum atomic E-state index is -4.42. The van der Waals surface area contributed by atoms with Crippen LogP contribution in [0.25, 0.3) is 0 Å². The summed E-state index contributed by atoms with van der Waals surface area (Å²) in [6, 6.07) is 5.33. The van der Waals surface area contributed by atoms with Crippen LogP contribution in [0.3, 0.4) is 0 Å². The molecule has 0 aromatic heterocycles. The number of nitrogens with zero attached hydrogens (tertiary/aromatic N) is 2. The van der Waals surface area contributed by atoms with E-state index in [1.54, 1.807) is 4.90 Å². The van der Waals surface area contributed by atoms with Gasteiger partial charge in [0, 0.05) is 37.8 Å². The topological polar surface area (TPSA) is 23.6 Å². The fourth-order valence-electron chi connectivity index (χ4n) is 3.75. The summed E-state index contributed by atoms with van der Waals surface area (Å²) in [7, 11) is 0. The molecule has 1 aromatic carbocycles. The largest absolute Gasteiger partial charge is 0.416 e. The molecule has 24 heavy (non-hydrogen) atoms. The molecule has 1 saturated heterocycles. The highest BCUT2D eigenvalue weighted by Crippen LogP contribution is 2.30. The van der Waals surface area contributed by atoms with Crippen LogP contribution in [-0.4, -0.2) is 47.9 Å². The van der Waals surface area contributed by atoms with E-state index in [0.29, 0.717) is 19.1 Å². The molecule has 1 saturated carbocycles. The molecule has 132 valence electrons. The number of amides is 1. The van der Waals surface area contributed by atoms with E-state index < -0.39 is 11.7 Å². The number of benzene rings is 1. The van der Waals surface area contributed by atoms with Gasteiger partial charge >= 0.3 is 6.18 Å². The van der Waals surface area contributed by atoms with Crippen molar-refractivity contribution in [2.24, 2.45) is 0 Å². The van der Waals surface area contributed by atoms with Gasteiger partial charge in [-0.05, 0) is 31.0 Å². The Morgan fingerprint density at radius 3 is 2.29 bits per heavy atom. The van der Waals surface area contributed by atoms with Crippen molar-refractivity contribution in [3.63, 3.8) is 0 Å². The third kappa shape index (κ3) is 3.91. The molecule has 0 atom stereocenters. The van der Waals surface area contributed by atoms with E-state index in [0.717, 1.165) is 25.2 Å². The van der Waals surface area contributed by atoms with Crippen molar-refractivity contribution in [2.45, 2.75) is 44.3 Å². The Hall–Kier alpha value is -1.56. The Bertz CT molecular complexity index is 574. The molecule has 3 rings (SSSR count). The van der Waals surface area contributed by atoms with Crippen molar-refractivity contribution in [2.75, 3.05) is 26.2 Å². The Morgan fingerprint density at radius 1 is 1.00 bits per heavy atom. The van der Waals surface area contributed by atoms with Crippen molar-refractivity contribution in [3.05, 3.63) is 35.4 Å². The average Bonchev–Trinajstić information content (AvgIpc) is 2.61. The molecule has 0 spiro atoms. The summed E-state index contributed by atoms with van der Waals surface area (Å²) in [6.45, 7) is 2.81. The summed E-state index contributed by atoms with van der Waals surface area (Å²) >= 11 is 0. The minimum absolute atomic E-state index is 0.121. The number of rotatable bonds is 2. The molecule has 0 N–H and O–H groups in total. The number of alkyl halides is 3. The molecule has 2 fully saturated rings. The number of piperazine rings is 1. The van der Waals surface area contributed by atoms with Crippen LogP contribution in [-0.2, 0) is 6.18 Å². The third-order valence-electron chi connectivity index (χ3n) is 5.13. The molecule has 1 heterocycles. The fourth-order valence-corrected chi connectivity index (χ4v) is 3.75. The lowest BCUT2D eigenvalue weighted by atomic mass is 9.94. The zero-order valence-corrected chi connectivity index (χ0v) is 13.7. The lowest BCUT2D eigenvalue weighted by molar-refractivity contribution is -0.137. The van der Waals surface area contributed by atoms with E-state index in [9.17, 15) is 18.0 Å². The van der Waals surface area contributed by atoms with E-state index in [2.05, 4.69) is 4.90 Å². The molecular formula is C18H23F3N2O.